The Morgan fingerprint density at radius 3 is 2.74 bits per heavy atom. The van der Waals surface area contributed by atoms with Gasteiger partial charge in [0.25, 0.3) is 0 Å². The summed E-state index contributed by atoms with van der Waals surface area (Å²) in [5.41, 5.74) is 6.55. The van der Waals surface area contributed by atoms with Crippen LogP contribution in [-0.2, 0) is 0 Å². The van der Waals surface area contributed by atoms with E-state index in [1.807, 2.05) is 0 Å². The van der Waals surface area contributed by atoms with Gasteiger partial charge in [0, 0.05) is 17.3 Å². The first-order valence-corrected chi connectivity index (χ1v) is 5.50. The van der Waals surface area contributed by atoms with E-state index in [0.29, 0.717) is 11.1 Å². The molecule has 7 heteroatoms. The summed E-state index contributed by atoms with van der Waals surface area (Å²) < 4.78 is 5.49. The third kappa shape index (κ3) is 2.59. The second-order valence-electron chi connectivity index (χ2n) is 4.00. The predicted octanol–water partition coefficient (Wildman–Crippen LogP) is 2.38. The van der Waals surface area contributed by atoms with Crippen molar-refractivity contribution in [1.29, 1.82) is 0 Å². The number of para-hydroxylation sites is 1. The molecule has 0 bridgehead atoms. The molecule has 0 radical (unpaired) electrons. The lowest BCUT2D eigenvalue weighted by Crippen LogP contribution is -2.01. The van der Waals surface area contributed by atoms with Gasteiger partial charge < -0.3 is 10.5 Å². The van der Waals surface area contributed by atoms with Crippen LogP contribution in [0.2, 0.25) is 0 Å². The Morgan fingerprint density at radius 1 is 1.32 bits per heavy atom. The van der Waals surface area contributed by atoms with Crippen LogP contribution in [-0.4, -0.2) is 14.9 Å². The third-order valence-corrected chi connectivity index (χ3v) is 2.53. The van der Waals surface area contributed by atoms with E-state index in [-0.39, 0.29) is 23.3 Å². The number of nitro benzene ring substituents is 1. The average molecular weight is 260 g/mol. The maximum Gasteiger partial charge on any atom is 0.314 e. The summed E-state index contributed by atoms with van der Waals surface area (Å²) >= 11 is 0. The van der Waals surface area contributed by atoms with Crippen LogP contribution in [0.5, 0.6) is 11.6 Å². The van der Waals surface area contributed by atoms with E-state index in [9.17, 15) is 10.1 Å². The monoisotopic (exact) mass is 260 g/mol. The lowest BCUT2D eigenvalue weighted by atomic mass is 10.2. The molecule has 1 heterocycles. The minimum absolute atomic E-state index is 0.0518. The van der Waals surface area contributed by atoms with Gasteiger partial charge in [0.15, 0.2) is 0 Å². The summed E-state index contributed by atoms with van der Waals surface area (Å²) in [5.74, 6) is 0.392. The van der Waals surface area contributed by atoms with Gasteiger partial charge in [-0.2, -0.15) is 4.98 Å². The number of nitrogens with two attached hydrogens (primary N) is 1. The number of nitro groups is 1. The topological polar surface area (TPSA) is 104 Å². The number of aryl methyl sites for hydroxylation is 2. The Bertz CT molecular complexity index is 643. The van der Waals surface area contributed by atoms with E-state index in [4.69, 9.17) is 10.5 Å². The Kier molecular flexibility index (Phi) is 3.28. The van der Waals surface area contributed by atoms with Crippen molar-refractivity contribution in [2.45, 2.75) is 13.8 Å². The highest BCUT2D eigenvalue weighted by Gasteiger charge is 2.19. The first-order chi connectivity index (χ1) is 8.99. The molecule has 0 aliphatic carbocycles. The van der Waals surface area contributed by atoms with Gasteiger partial charge in [-0.3, -0.25) is 10.1 Å². The first-order valence-electron chi connectivity index (χ1n) is 5.50. The molecule has 0 aliphatic rings. The normalized spacial score (nSPS) is 10.2. The molecule has 0 saturated heterocycles. The number of nitrogen functional groups attached to an aromatic ring is 1. The van der Waals surface area contributed by atoms with Gasteiger partial charge in [-0.1, -0.05) is 12.1 Å². The van der Waals surface area contributed by atoms with E-state index in [0.717, 1.165) is 0 Å². The molecular formula is C12H12N4O3. The van der Waals surface area contributed by atoms with Crippen molar-refractivity contribution in [3.8, 4) is 11.6 Å². The fourth-order valence-electron chi connectivity index (χ4n) is 1.60. The minimum Gasteiger partial charge on any atom is -0.431 e. The maximum atomic E-state index is 11.1. The van der Waals surface area contributed by atoms with Crippen LogP contribution in [0.3, 0.4) is 0 Å². The average Bonchev–Trinajstić information content (AvgIpc) is 2.33. The number of anilines is 1. The summed E-state index contributed by atoms with van der Waals surface area (Å²) in [5, 5.41) is 11.1. The number of nitrogens with zero attached hydrogens (tertiary/aromatic N) is 3. The highest BCUT2D eigenvalue weighted by atomic mass is 16.6. The number of hydrogen-bond donors (Lipinski definition) is 1. The predicted molar refractivity (Wildman–Crippen MR) is 69.1 cm³/mol. The summed E-state index contributed by atoms with van der Waals surface area (Å²) in [6, 6.07) is 4.84. The third-order valence-electron chi connectivity index (χ3n) is 2.53. The molecule has 2 N–H and O–H groups in total. The van der Waals surface area contributed by atoms with Gasteiger partial charge in [-0.25, -0.2) is 4.98 Å². The van der Waals surface area contributed by atoms with Crippen LogP contribution in [0, 0.1) is 24.0 Å². The fraction of sp³-hybridized carbons (Fsp3) is 0.167. The molecule has 2 rings (SSSR count). The van der Waals surface area contributed by atoms with Crippen LogP contribution < -0.4 is 10.5 Å². The molecule has 19 heavy (non-hydrogen) atoms. The Labute approximate surface area is 109 Å². The molecule has 0 fully saturated rings. The molecule has 1 aromatic carbocycles. The summed E-state index contributed by atoms with van der Waals surface area (Å²) in [4.78, 5) is 18.3. The van der Waals surface area contributed by atoms with E-state index in [1.54, 1.807) is 26.0 Å². The number of aromatic nitrogens is 2. The standard InChI is InChI=1S/C12H12N4O3/c1-7-4-3-5-9(10(7)16(17)18)19-11-8(2)6-14-12(13)15-11/h3-6H,1-2H3,(H2,13,14,15). The van der Waals surface area contributed by atoms with Crippen molar-refractivity contribution in [2.24, 2.45) is 0 Å². The van der Waals surface area contributed by atoms with E-state index < -0.39 is 4.92 Å². The molecule has 7 nitrogen and oxygen atoms in total. The van der Waals surface area contributed by atoms with Crippen molar-refractivity contribution in [2.75, 3.05) is 5.73 Å². The van der Waals surface area contributed by atoms with E-state index in [1.165, 1.54) is 12.3 Å². The van der Waals surface area contributed by atoms with Crippen LogP contribution in [0.25, 0.3) is 0 Å². The second kappa shape index (κ2) is 4.89. The van der Waals surface area contributed by atoms with Gasteiger partial charge in [0.1, 0.15) is 0 Å². The summed E-state index contributed by atoms with van der Waals surface area (Å²) in [6.45, 7) is 3.38. The Balaban J connectivity index is 2.46. The number of ether oxygens (including phenoxy) is 1. The van der Waals surface area contributed by atoms with Crippen molar-refractivity contribution in [3.63, 3.8) is 0 Å². The first kappa shape index (κ1) is 12.7. The van der Waals surface area contributed by atoms with Crippen molar-refractivity contribution in [3.05, 3.63) is 45.6 Å². The molecule has 0 aliphatic heterocycles. The molecule has 0 atom stereocenters. The smallest absolute Gasteiger partial charge is 0.314 e. The van der Waals surface area contributed by atoms with Crippen LogP contribution in [0.15, 0.2) is 24.4 Å². The highest BCUT2D eigenvalue weighted by molar-refractivity contribution is 5.53. The SMILES string of the molecule is Cc1cnc(N)nc1Oc1cccc(C)c1[N+](=O)[O-]. The van der Waals surface area contributed by atoms with Gasteiger partial charge >= 0.3 is 5.69 Å². The molecule has 0 spiro atoms. The summed E-state index contributed by atoms with van der Waals surface area (Å²) in [6.07, 6.45) is 1.50. The van der Waals surface area contributed by atoms with Gasteiger partial charge in [0.2, 0.25) is 17.6 Å². The Hall–Kier alpha value is -2.70. The van der Waals surface area contributed by atoms with Crippen LogP contribution in [0.1, 0.15) is 11.1 Å². The zero-order valence-electron chi connectivity index (χ0n) is 10.5. The molecule has 2 aromatic rings. The largest absolute Gasteiger partial charge is 0.431 e. The Morgan fingerprint density at radius 2 is 2.05 bits per heavy atom. The molecular weight excluding hydrogens is 248 g/mol. The highest BCUT2D eigenvalue weighted by Crippen LogP contribution is 2.34. The van der Waals surface area contributed by atoms with Gasteiger partial charge in [0.05, 0.1) is 4.92 Å². The molecule has 98 valence electrons. The maximum absolute atomic E-state index is 11.1. The minimum atomic E-state index is -0.482. The lowest BCUT2D eigenvalue weighted by molar-refractivity contribution is -0.386. The van der Waals surface area contributed by atoms with E-state index in [2.05, 4.69) is 9.97 Å². The van der Waals surface area contributed by atoms with Gasteiger partial charge in [-0.15, -0.1) is 0 Å². The molecule has 0 amide bonds. The number of benzene rings is 1. The number of rotatable bonds is 3. The summed E-state index contributed by atoms with van der Waals surface area (Å²) in [7, 11) is 0. The van der Waals surface area contributed by atoms with Crippen molar-refractivity contribution in [1.82, 2.24) is 9.97 Å². The zero-order valence-corrected chi connectivity index (χ0v) is 10.5. The molecule has 0 unspecified atom stereocenters. The van der Waals surface area contributed by atoms with Crippen molar-refractivity contribution >= 4 is 11.6 Å². The molecule has 1 aromatic heterocycles. The number of hydrogen-bond acceptors (Lipinski definition) is 6. The molecule has 0 saturated carbocycles. The van der Waals surface area contributed by atoms with Crippen molar-refractivity contribution < 1.29 is 9.66 Å². The van der Waals surface area contributed by atoms with E-state index >= 15 is 0 Å². The van der Waals surface area contributed by atoms with Crippen LogP contribution in [0.4, 0.5) is 11.6 Å². The quantitative estimate of drug-likeness (QED) is 0.671. The zero-order chi connectivity index (χ0) is 14.0. The fourth-order valence-corrected chi connectivity index (χ4v) is 1.60. The van der Waals surface area contributed by atoms with Gasteiger partial charge in [-0.05, 0) is 19.9 Å². The lowest BCUT2D eigenvalue weighted by Gasteiger charge is -2.08. The van der Waals surface area contributed by atoms with Crippen LogP contribution >= 0.6 is 0 Å². The second-order valence-corrected chi connectivity index (χ2v) is 4.00.